The first-order valence-corrected chi connectivity index (χ1v) is 23.4. The van der Waals surface area contributed by atoms with Crippen LogP contribution in [0.25, 0.3) is 0 Å². The second-order valence-corrected chi connectivity index (χ2v) is 23.7. The van der Waals surface area contributed by atoms with E-state index in [-0.39, 0.29) is 52.3 Å². The number of carbonyl (C=O) groups is 2. The largest absolute Gasteiger partial charge is 0.460 e. The van der Waals surface area contributed by atoms with Crippen molar-refractivity contribution >= 4 is 39.5 Å². The summed E-state index contributed by atoms with van der Waals surface area (Å²) in [5, 5.41) is 2.02. The lowest BCUT2D eigenvalue weighted by Gasteiger charge is -2.63. The molecule has 2 aromatic rings. The molecule has 48 heavy (non-hydrogen) atoms. The van der Waals surface area contributed by atoms with E-state index in [4.69, 9.17) is 13.6 Å². The third-order valence-corrected chi connectivity index (χ3v) is 19.5. The molecule has 264 valence electrons. The zero-order valence-electron chi connectivity index (χ0n) is 31.4. The molecule has 5 rings (SSSR count). The first kappa shape index (κ1) is 37.2. The minimum atomic E-state index is -2.94. The molecule has 1 unspecified atom stereocenters. The van der Waals surface area contributed by atoms with E-state index < -0.39 is 28.9 Å². The van der Waals surface area contributed by atoms with Crippen molar-refractivity contribution < 1.29 is 23.2 Å². The summed E-state index contributed by atoms with van der Waals surface area (Å²) in [7, 11) is -4.35. The predicted molar refractivity (Wildman–Crippen MR) is 201 cm³/mol. The fourth-order valence-corrected chi connectivity index (χ4v) is 16.4. The maximum Gasteiger partial charge on any atom is 0.331 e. The van der Waals surface area contributed by atoms with E-state index in [9.17, 15) is 9.59 Å². The van der Waals surface area contributed by atoms with Gasteiger partial charge < -0.3 is 13.6 Å². The van der Waals surface area contributed by atoms with Gasteiger partial charge in [-0.2, -0.15) is 0 Å². The minimum absolute atomic E-state index is 0.0417. The number of Topliss-reactive ketones (excluding diaryl/α,β-unsaturated/α-hetero) is 1. The highest BCUT2D eigenvalue weighted by atomic mass is 28.4. The van der Waals surface area contributed by atoms with Crippen LogP contribution >= 0.6 is 0 Å². The Morgan fingerprint density at radius 1 is 0.938 bits per heavy atom. The monoisotopic (exact) mass is 690 g/mol. The van der Waals surface area contributed by atoms with E-state index in [1.54, 1.807) is 0 Å². The lowest BCUT2D eigenvalue weighted by atomic mass is 9.43. The first-order chi connectivity index (χ1) is 22.6. The maximum absolute atomic E-state index is 14.4. The number of ketones is 1. The standard InChI is InChI=1S/C41H62O5Si2/c1-11-40(12-2)27-34(39(8)29(3)23-25-41(26-24-33(42)36(39)41)30(4)37(40)46-47(9)10)45-35(43)28-44-48(38(5,6)7,31-19-15-13-16-20-31)32-21-17-14-18-22-32/h13-22,29-30,34,36-37,47H,11-12,23-28H2,1-10H3/t29-,30+,34-,36?,37+,39+,41+/m1/s1. The molecule has 0 spiro atoms. The lowest BCUT2D eigenvalue weighted by molar-refractivity contribution is -0.212. The maximum atomic E-state index is 14.4. The van der Waals surface area contributed by atoms with Crippen molar-refractivity contribution in [2.24, 2.45) is 34.0 Å². The molecule has 0 amide bonds. The summed E-state index contributed by atoms with van der Waals surface area (Å²) in [6.07, 6.45) is 5.86. The van der Waals surface area contributed by atoms with E-state index in [1.807, 2.05) is 12.1 Å². The van der Waals surface area contributed by atoms with Gasteiger partial charge in [0.1, 0.15) is 18.5 Å². The van der Waals surface area contributed by atoms with E-state index in [0.717, 1.165) is 42.5 Å². The highest BCUT2D eigenvalue weighted by Gasteiger charge is 2.69. The van der Waals surface area contributed by atoms with Gasteiger partial charge in [-0.05, 0) is 89.7 Å². The van der Waals surface area contributed by atoms with Crippen molar-refractivity contribution in [2.45, 2.75) is 131 Å². The molecule has 0 heterocycles. The van der Waals surface area contributed by atoms with Crippen LogP contribution in [0.5, 0.6) is 0 Å². The highest BCUT2D eigenvalue weighted by Crippen LogP contribution is 2.69. The van der Waals surface area contributed by atoms with E-state index in [1.165, 1.54) is 0 Å². The number of esters is 1. The third kappa shape index (κ3) is 6.03. The Morgan fingerprint density at radius 3 is 2.00 bits per heavy atom. The van der Waals surface area contributed by atoms with Crippen LogP contribution in [0, 0.1) is 34.0 Å². The second-order valence-electron chi connectivity index (χ2n) is 17.0. The number of rotatable bonds is 10. The number of hydrogen-bond donors (Lipinski definition) is 0. The Kier molecular flexibility index (Phi) is 10.8. The smallest absolute Gasteiger partial charge is 0.331 e. The topological polar surface area (TPSA) is 61.8 Å². The van der Waals surface area contributed by atoms with Crippen LogP contribution in [-0.4, -0.2) is 47.9 Å². The van der Waals surface area contributed by atoms with Crippen molar-refractivity contribution in [1.29, 1.82) is 0 Å². The SMILES string of the molecule is CCC1(CC)C[C@@H](OC(=O)CO[Si](c2ccccc2)(c2ccccc2)C(C)(C)C)[C@@]2(C)C3C(=O)CC[C@@]3(CC[C@H]2C)[C@@H](C)[C@@H]1O[SiH](C)C. The Bertz CT molecular complexity index is 1380. The minimum Gasteiger partial charge on any atom is -0.460 e. The molecule has 0 aromatic heterocycles. The molecule has 2 aromatic carbocycles. The molecule has 0 saturated heterocycles. The number of carbonyl (C=O) groups excluding carboxylic acids is 2. The van der Waals surface area contributed by atoms with E-state index >= 15 is 0 Å². The predicted octanol–water partition coefficient (Wildman–Crippen LogP) is 8.09. The normalized spacial score (nSPS) is 32.0. The van der Waals surface area contributed by atoms with Gasteiger partial charge in [0.15, 0.2) is 9.04 Å². The van der Waals surface area contributed by atoms with Crippen LogP contribution in [0.4, 0.5) is 0 Å². The average Bonchev–Trinajstić information content (AvgIpc) is 3.41. The summed E-state index contributed by atoms with van der Waals surface area (Å²) in [6, 6.07) is 20.9. The van der Waals surface area contributed by atoms with Gasteiger partial charge in [-0.3, -0.25) is 4.79 Å². The molecule has 7 atom stereocenters. The molecular formula is C41H62O5Si2. The van der Waals surface area contributed by atoms with Gasteiger partial charge >= 0.3 is 5.97 Å². The highest BCUT2D eigenvalue weighted by molar-refractivity contribution is 6.99. The summed E-state index contributed by atoms with van der Waals surface area (Å²) >= 11 is 0. The fourth-order valence-electron chi connectivity index (χ4n) is 10.8. The molecule has 0 radical (unpaired) electrons. The quantitative estimate of drug-likeness (QED) is 0.186. The van der Waals surface area contributed by atoms with Gasteiger partial charge in [-0.15, -0.1) is 0 Å². The van der Waals surface area contributed by atoms with Gasteiger partial charge in [0.25, 0.3) is 8.32 Å². The molecule has 5 nitrogen and oxygen atoms in total. The van der Waals surface area contributed by atoms with Gasteiger partial charge in [0.2, 0.25) is 0 Å². The number of ether oxygens (including phenoxy) is 1. The van der Waals surface area contributed by atoms with Gasteiger partial charge in [-0.25, -0.2) is 4.79 Å². The Hall–Kier alpha value is -2.07. The molecule has 7 heteroatoms. The molecule has 0 aliphatic heterocycles. The molecule has 2 bridgehead atoms. The number of hydrogen-bond acceptors (Lipinski definition) is 5. The first-order valence-electron chi connectivity index (χ1n) is 18.8. The third-order valence-electron chi connectivity index (χ3n) is 13.6. The van der Waals surface area contributed by atoms with Crippen LogP contribution in [-0.2, 0) is 23.2 Å². The zero-order valence-corrected chi connectivity index (χ0v) is 33.6. The summed E-state index contributed by atoms with van der Waals surface area (Å²) < 4.78 is 21.0. The summed E-state index contributed by atoms with van der Waals surface area (Å²) in [5.74, 6) is 0.426. The summed E-state index contributed by atoms with van der Waals surface area (Å²) in [5.41, 5.74) is -0.732. The molecule has 3 aliphatic carbocycles. The van der Waals surface area contributed by atoms with Gasteiger partial charge in [0, 0.05) is 17.8 Å². The number of benzene rings is 2. The van der Waals surface area contributed by atoms with Crippen molar-refractivity contribution in [3.8, 4) is 0 Å². The lowest BCUT2D eigenvalue weighted by Crippen LogP contribution is -2.67. The van der Waals surface area contributed by atoms with Crippen LogP contribution < -0.4 is 10.4 Å². The molecular weight excluding hydrogens is 629 g/mol. The zero-order chi connectivity index (χ0) is 35.1. The molecule has 3 saturated carbocycles. The Labute approximate surface area is 293 Å². The summed E-state index contributed by atoms with van der Waals surface area (Å²) in [6.45, 7) is 22.7. The van der Waals surface area contributed by atoms with Gasteiger partial charge in [0.05, 0.1) is 6.10 Å². The van der Waals surface area contributed by atoms with E-state index in [0.29, 0.717) is 18.6 Å². The Morgan fingerprint density at radius 2 is 1.50 bits per heavy atom. The van der Waals surface area contributed by atoms with Gasteiger partial charge in [-0.1, -0.05) is 116 Å². The second kappa shape index (κ2) is 13.9. The van der Waals surface area contributed by atoms with Crippen molar-refractivity contribution in [3.63, 3.8) is 0 Å². The van der Waals surface area contributed by atoms with Crippen LogP contribution in [0.15, 0.2) is 60.7 Å². The molecule has 0 N–H and O–H groups in total. The summed E-state index contributed by atoms with van der Waals surface area (Å²) in [4.78, 5) is 28.5. The van der Waals surface area contributed by atoms with Crippen LogP contribution in [0.2, 0.25) is 18.1 Å². The van der Waals surface area contributed by atoms with Crippen molar-refractivity contribution in [2.75, 3.05) is 6.61 Å². The molecule has 3 aliphatic rings. The van der Waals surface area contributed by atoms with E-state index in [2.05, 4.69) is 117 Å². The molecule has 3 fully saturated rings. The Balaban J connectivity index is 1.57. The van der Waals surface area contributed by atoms with Crippen molar-refractivity contribution in [3.05, 3.63) is 60.7 Å². The average molecular weight is 691 g/mol. The van der Waals surface area contributed by atoms with Crippen LogP contribution in [0.1, 0.15) is 100 Å². The van der Waals surface area contributed by atoms with Crippen LogP contribution in [0.3, 0.4) is 0 Å². The van der Waals surface area contributed by atoms with Crippen molar-refractivity contribution in [1.82, 2.24) is 0 Å². The fraction of sp³-hybridized carbons (Fsp3) is 0.659.